The molecule has 0 saturated carbocycles. The van der Waals surface area contributed by atoms with Gasteiger partial charge in [0.15, 0.2) is 5.69 Å². The SMILES string of the molecule is O=C1OC(=O)c2nc3ccc(-c4ccccc4)cc3cc21. The van der Waals surface area contributed by atoms with Crippen molar-refractivity contribution in [1.82, 2.24) is 4.98 Å². The number of fused-ring (bicyclic) bond motifs is 2. The van der Waals surface area contributed by atoms with Crippen LogP contribution in [0.2, 0.25) is 0 Å². The van der Waals surface area contributed by atoms with Crippen LogP contribution in [-0.4, -0.2) is 16.9 Å². The molecule has 0 fully saturated rings. The summed E-state index contributed by atoms with van der Waals surface area (Å²) in [6, 6.07) is 17.3. The Labute approximate surface area is 120 Å². The largest absolute Gasteiger partial charge is 0.384 e. The molecule has 0 bridgehead atoms. The summed E-state index contributed by atoms with van der Waals surface area (Å²) in [7, 11) is 0. The maximum absolute atomic E-state index is 11.6. The van der Waals surface area contributed by atoms with Crippen LogP contribution in [0.15, 0.2) is 54.6 Å². The van der Waals surface area contributed by atoms with Crippen LogP contribution in [0.3, 0.4) is 0 Å². The van der Waals surface area contributed by atoms with E-state index < -0.39 is 11.9 Å². The minimum Gasteiger partial charge on any atom is -0.384 e. The number of carbonyl (C=O) groups is 2. The van der Waals surface area contributed by atoms with E-state index in [9.17, 15) is 9.59 Å². The quantitative estimate of drug-likeness (QED) is 0.505. The molecule has 0 spiro atoms. The van der Waals surface area contributed by atoms with Crippen molar-refractivity contribution in [2.45, 2.75) is 0 Å². The molecule has 0 unspecified atom stereocenters. The Morgan fingerprint density at radius 3 is 2.43 bits per heavy atom. The van der Waals surface area contributed by atoms with Gasteiger partial charge in [0.1, 0.15) is 0 Å². The molecule has 4 heteroatoms. The molecule has 1 aliphatic rings. The number of pyridine rings is 1. The predicted molar refractivity (Wildman–Crippen MR) is 76.9 cm³/mol. The van der Waals surface area contributed by atoms with Gasteiger partial charge in [0.05, 0.1) is 11.1 Å². The first kappa shape index (κ1) is 11.8. The Morgan fingerprint density at radius 1 is 0.810 bits per heavy atom. The lowest BCUT2D eigenvalue weighted by Crippen LogP contribution is -1.98. The number of ether oxygens (including phenoxy) is 1. The topological polar surface area (TPSA) is 56.3 Å². The number of carbonyl (C=O) groups excluding carboxylic acids is 2. The van der Waals surface area contributed by atoms with Crippen molar-refractivity contribution in [3.8, 4) is 11.1 Å². The monoisotopic (exact) mass is 275 g/mol. The van der Waals surface area contributed by atoms with Crippen LogP contribution in [0.1, 0.15) is 20.8 Å². The number of hydrogen-bond donors (Lipinski definition) is 0. The minimum atomic E-state index is -0.677. The molecule has 0 aliphatic carbocycles. The summed E-state index contributed by atoms with van der Waals surface area (Å²) in [6.45, 7) is 0. The van der Waals surface area contributed by atoms with E-state index in [0.29, 0.717) is 5.52 Å². The summed E-state index contributed by atoms with van der Waals surface area (Å²) in [4.78, 5) is 27.3. The van der Waals surface area contributed by atoms with Gasteiger partial charge in [-0.25, -0.2) is 14.6 Å². The Hall–Kier alpha value is -3.01. The van der Waals surface area contributed by atoms with E-state index in [2.05, 4.69) is 9.72 Å². The van der Waals surface area contributed by atoms with Crippen LogP contribution in [0.5, 0.6) is 0 Å². The van der Waals surface area contributed by atoms with Crippen LogP contribution >= 0.6 is 0 Å². The maximum atomic E-state index is 11.6. The normalized spacial score (nSPS) is 13.3. The number of rotatable bonds is 1. The van der Waals surface area contributed by atoms with Gasteiger partial charge in [-0.2, -0.15) is 0 Å². The first-order chi connectivity index (χ1) is 10.2. The standard InChI is InChI=1S/C17H9NO3/c19-16-13-9-12-8-11(10-4-2-1-3-5-10)6-7-14(12)18-15(13)17(20)21-16/h1-9H. The summed E-state index contributed by atoms with van der Waals surface area (Å²) in [5.74, 6) is -1.31. The third kappa shape index (κ3) is 1.80. The van der Waals surface area contributed by atoms with Gasteiger partial charge in [-0.3, -0.25) is 0 Å². The summed E-state index contributed by atoms with van der Waals surface area (Å²) in [5.41, 5.74) is 3.11. The Balaban J connectivity index is 1.93. The highest BCUT2D eigenvalue weighted by atomic mass is 16.6. The highest BCUT2D eigenvalue weighted by Crippen LogP contribution is 2.27. The number of hydrogen-bond acceptors (Lipinski definition) is 4. The molecule has 1 aromatic heterocycles. The van der Waals surface area contributed by atoms with Gasteiger partial charge in [0.2, 0.25) is 0 Å². The molecule has 4 rings (SSSR count). The Bertz CT molecular complexity index is 901. The molecular formula is C17H9NO3. The Kier molecular flexibility index (Phi) is 2.38. The lowest BCUT2D eigenvalue weighted by Gasteiger charge is -2.04. The zero-order valence-corrected chi connectivity index (χ0v) is 10.9. The number of benzene rings is 2. The molecular weight excluding hydrogens is 266 g/mol. The lowest BCUT2D eigenvalue weighted by atomic mass is 10.0. The van der Waals surface area contributed by atoms with Gasteiger partial charge in [-0.05, 0) is 29.3 Å². The summed E-state index contributed by atoms with van der Waals surface area (Å²) in [5, 5.41) is 0.807. The van der Waals surface area contributed by atoms with Gasteiger partial charge < -0.3 is 4.74 Å². The van der Waals surface area contributed by atoms with Crippen molar-refractivity contribution in [3.05, 3.63) is 65.9 Å². The second-order valence-corrected chi connectivity index (χ2v) is 4.84. The third-order valence-corrected chi connectivity index (χ3v) is 3.52. The molecule has 0 saturated heterocycles. The average Bonchev–Trinajstić information content (AvgIpc) is 2.80. The van der Waals surface area contributed by atoms with Crippen molar-refractivity contribution in [1.29, 1.82) is 0 Å². The van der Waals surface area contributed by atoms with Crippen LogP contribution in [0.25, 0.3) is 22.0 Å². The van der Waals surface area contributed by atoms with Crippen molar-refractivity contribution < 1.29 is 14.3 Å². The van der Waals surface area contributed by atoms with E-state index >= 15 is 0 Å². The fourth-order valence-electron chi connectivity index (χ4n) is 2.49. The fraction of sp³-hybridized carbons (Fsp3) is 0. The first-order valence-corrected chi connectivity index (χ1v) is 6.49. The molecule has 0 amide bonds. The van der Waals surface area contributed by atoms with E-state index in [1.807, 2.05) is 48.5 Å². The minimum absolute atomic E-state index is 0.0972. The predicted octanol–water partition coefficient (Wildman–Crippen LogP) is 3.21. The molecule has 3 aromatic rings. The second-order valence-electron chi connectivity index (χ2n) is 4.84. The van der Waals surface area contributed by atoms with Crippen LogP contribution in [-0.2, 0) is 4.74 Å². The van der Waals surface area contributed by atoms with Crippen molar-refractivity contribution >= 4 is 22.8 Å². The second kappa shape index (κ2) is 4.24. The highest BCUT2D eigenvalue weighted by Gasteiger charge is 2.31. The van der Waals surface area contributed by atoms with Gasteiger partial charge >= 0.3 is 11.9 Å². The molecule has 0 radical (unpaired) electrons. The first-order valence-electron chi connectivity index (χ1n) is 6.49. The van der Waals surface area contributed by atoms with E-state index in [1.165, 1.54) is 0 Å². The van der Waals surface area contributed by atoms with Gasteiger partial charge in [-0.1, -0.05) is 36.4 Å². The van der Waals surface area contributed by atoms with E-state index in [4.69, 9.17) is 0 Å². The molecule has 1 aliphatic heterocycles. The average molecular weight is 275 g/mol. The zero-order chi connectivity index (χ0) is 14.4. The van der Waals surface area contributed by atoms with Crippen LogP contribution in [0.4, 0.5) is 0 Å². The fourth-order valence-corrected chi connectivity index (χ4v) is 2.49. The third-order valence-electron chi connectivity index (χ3n) is 3.52. The lowest BCUT2D eigenvalue weighted by molar-refractivity contribution is 0.0441. The summed E-state index contributed by atoms with van der Waals surface area (Å²) in [6.07, 6.45) is 0. The van der Waals surface area contributed by atoms with Gasteiger partial charge in [0.25, 0.3) is 0 Å². The number of aromatic nitrogens is 1. The van der Waals surface area contributed by atoms with E-state index in [1.54, 1.807) is 6.07 Å². The van der Waals surface area contributed by atoms with Crippen molar-refractivity contribution in [3.63, 3.8) is 0 Å². The van der Waals surface area contributed by atoms with Crippen LogP contribution in [0, 0.1) is 0 Å². The van der Waals surface area contributed by atoms with Crippen molar-refractivity contribution in [2.75, 3.05) is 0 Å². The molecule has 4 nitrogen and oxygen atoms in total. The molecule has 21 heavy (non-hydrogen) atoms. The molecule has 0 atom stereocenters. The van der Waals surface area contributed by atoms with Gasteiger partial charge in [-0.15, -0.1) is 0 Å². The molecule has 0 N–H and O–H groups in total. The summed E-state index contributed by atoms with van der Waals surface area (Å²) < 4.78 is 4.58. The van der Waals surface area contributed by atoms with E-state index in [0.717, 1.165) is 16.5 Å². The molecule has 2 aromatic carbocycles. The number of cyclic esters (lactones) is 2. The highest BCUT2D eigenvalue weighted by molar-refractivity contribution is 6.15. The number of nitrogens with zero attached hydrogens (tertiary/aromatic N) is 1. The van der Waals surface area contributed by atoms with Gasteiger partial charge in [0, 0.05) is 5.39 Å². The molecule has 2 heterocycles. The smallest absolute Gasteiger partial charge is 0.365 e. The van der Waals surface area contributed by atoms with Crippen molar-refractivity contribution in [2.24, 2.45) is 0 Å². The van der Waals surface area contributed by atoms with E-state index in [-0.39, 0.29) is 11.3 Å². The summed E-state index contributed by atoms with van der Waals surface area (Å²) >= 11 is 0. The maximum Gasteiger partial charge on any atom is 0.365 e. The Morgan fingerprint density at radius 2 is 1.62 bits per heavy atom. The number of esters is 2. The zero-order valence-electron chi connectivity index (χ0n) is 10.9. The molecule has 100 valence electrons. The van der Waals surface area contributed by atoms with Crippen LogP contribution < -0.4 is 0 Å².